The van der Waals surface area contributed by atoms with Crippen LogP contribution in [0.1, 0.15) is 37.0 Å². The van der Waals surface area contributed by atoms with Crippen LogP contribution < -0.4 is 4.74 Å². The number of rotatable bonds is 6. The van der Waals surface area contributed by atoms with Gasteiger partial charge in [-0.2, -0.15) is 0 Å². The molecule has 1 aliphatic rings. The third-order valence-electron chi connectivity index (χ3n) is 5.79. The van der Waals surface area contributed by atoms with Crippen molar-refractivity contribution >= 4 is 22.8 Å². The first-order valence-electron chi connectivity index (χ1n) is 11.3. The summed E-state index contributed by atoms with van der Waals surface area (Å²) in [5, 5.41) is 0.729. The quantitative estimate of drug-likeness (QED) is 0.502. The molecular weight excluding hydrogens is 423 g/mol. The minimum Gasteiger partial charge on any atom is -0.493 e. The molecule has 1 saturated heterocycles. The Balaban J connectivity index is 1.64. The lowest BCUT2D eigenvalue weighted by Gasteiger charge is -2.31. The Morgan fingerprint density at radius 2 is 1.88 bits per heavy atom. The molecule has 1 aromatic heterocycles. The SMILES string of the molecule is CCOC(=O)[C@H]1CCCN(C(=O)c2ccc3nc(-c4ccc(F)cc4)cc(OCC)c3c2)C1. The van der Waals surface area contributed by atoms with Crippen LogP contribution >= 0.6 is 0 Å². The number of benzene rings is 2. The number of hydrogen-bond acceptors (Lipinski definition) is 5. The van der Waals surface area contributed by atoms with Gasteiger partial charge in [0.25, 0.3) is 5.91 Å². The lowest BCUT2D eigenvalue weighted by molar-refractivity contribution is -0.149. The third-order valence-corrected chi connectivity index (χ3v) is 5.79. The second-order valence-electron chi connectivity index (χ2n) is 8.02. The summed E-state index contributed by atoms with van der Waals surface area (Å²) in [5.41, 5.74) is 2.64. The maximum absolute atomic E-state index is 13.3. The van der Waals surface area contributed by atoms with E-state index < -0.39 is 0 Å². The van der Waals surface area contributed by atoms with E-state index in [0.29, 0.717) is 48.8 Å². The number of carbonyl (C=O) groups is 2. The van der Waals surface area contributed by atoms with Crippen LogP contribution in [0.25, 0.3) is 22.2 Å². The molecule has 0 N–H and O–H groups in total. The van der Waals surface area contributed by atoms with Gasteiger partial charge in [0, 0.05) is 35.7 Å². The van der Waals surface area contributed by atoms with Crippen LogP contribution in [-0.4, -0.2) is 48.1 Å². The fourth-order valence-corrected chi connectivity index (χ4v) is 4.17. The number of likely N-dealkylation sites (tertiary alicyclic amines) is 1. The highest BCUT2D eigenvalue weighted by atomic mass is 19.1. The standard InChI is InChI=1S/C26H27FN2O4/c1-3-32-24-15-23(17-7-10-20(27)11-8-17)28-22-12-9-18(14-21(22)24)25(30)29-13-5-6-19(16-29)26(31)33-4-2/h7-12,14-15,19H,3-6,13,16H2,1-2H3/t19-/m0/s1. The molecule has 33 heavy (non-hydrogen) atoms. The first kappa shape index (κ1) is 22.7. The van der Waals surface area contributed by atoms with Crippen LogP contribution in [0.4, 0.5) is 4.39 Å². The normalized spacial score (nSPS) is 16.0. The molecule has 172 valence electrons. The highest BCUT2D eigenvalue weighted by Crippen LogP contribution is 2.31. The minimum absolute atomic E-state index is 0.129. The Morgan fingerprint density at radius 3 is 2.61 bits per heavy atom. The molecule has 1 amide bonds. The van der Waals surface area contributed by atoms with Crippen LogP contribution in [-0.2, 0) is 9.53 Å². The van der Waals surface area contributed by atoms with Gasteiger partial charge in [-0.25, -0.2) is 9.37 Å². The molecular formula is C26H27FN2O4. The van der Waals surface area contributed by atoms with Gasteiger partial charge in [0.05, 0.1) is 30.3 Å². The van der Waals surface area contributed by atoms with Gasteiger partial charge < -0.3 is 14.4 Å². The van der Waals surface area contributed by atoms with Gasteiger partial charge in [-0.15, -0.1) is 0 Å². The molecule has 3 aromatic rings. The van der Waals surface area contributed by atoms with E-state index in [9.17, 15) is 14.0 Å². The van der Waals surface area contributed by atoms with Crippen molar-refractivity contribution in [3.8, 4) is 17.0 Å². The average molecular weight is 451 g/mol. The van der Waals surface area contributed by atoms with Gasteiger partial charge in [-0.1, -0.05) is 0 Å². The van der Waals surface area contributed by atoms with Crippen LogP contribution in [0.15, 0.2) is 48.5 Å². The number of esters is 1. The van der Waals surface area contributed by atoms with E-state index >= 15 is 0 Å². The topological polar surface area (TPSA) is 68.7 Å². The summed E-state index contributed by atoms with van der Waals surface area (Å²) in [4.78, 5) is 31.8. The van der Waals surface area contributed by atoms with Gasteiger partial charge in [-0.3, -0.25) is 9.59 Å². The zero-order chi connectivity index (χ0) is 23.4. The van der Waals surface area contributed by atoms with Gasteiger partial charge in [0.15, 0.2) is 0 Å². The molecule has 0 bridgehead atoms. The maximum atomic E-state index is 13.3. The smallest absolute Gasteiger partial charge is 0.310 e. The highest BCUT2D eigenvalue weighted by molar-refractivity contribution is 6.00. The second kappa shape index (κ2) is 9.98. The molecule has 2 heterocycles. The van der Waals surface area contributed by atoms with Crippen molar-refractivity contribution < 1.29 is 23.5 Å². The summed E-state index contributed by atoms with van der Waals surface area (Å²) < 4.78 is 24.3. The predicted octanol–water partition coefficient (Wildman–Crippen LogP) is 4.85. The van der Waals surface area contributed by atoms with Crippen molar-refractivity contribution in [2.45, 2.75) is 26.7 Å². The van der Waals surface area contributed by atoms with E-state index in [0.717, 1.165) is 23.8 Å². The zero-order valence-corrected chi connectivity index (χ0v) is 18.8. The van der Waals surface area contributed by atoms with Gasteiger partial charge in [0.1, 0.15) is 11.6 Å². The van der Waals surface area contributed by atoms with Gasteiger partial charge in [-0.05, 0) is 69.2 Å². The van der Waals surface area contributed by atoms with Gasteiger partial charge >= 0.3 is 5.97 Å². The number of pyridine rings is 1. The first-order valence-corrected chi connectivity index (χ1v) is 11.3. The first-order chi connectivity index (χ1) is 16.0. The van der Waals surface area contributed by atoms with E-state index in [1.807, 2.05) is 13.0 Å². The molecule has 2 aromatic carbocycles. The number of fused-ring (bicyclic) bond motifs is 1. The minimum atomic E-state index is -0.310. The molecule has 0 unspecified atom stereocenters. The fraction of sp³-hybridized carbons (Fsp3) is 0.346. The lowest BCUT2D eigenvalue weighted by atomic mass is 9.97. The monoisotopic (exact) mass is 450 g/mol. The average Bonchev–Trinajstić information content (AvgIpc) is 2.84. The van der Waals surface area contributed by atoms with Crippen LogP contribution in [0.5, 0.6) is 5.75 Å². The molecule has 7 heteroatoms. The maximum Gasteiger partial charge on any atom is 0.310 e. The van der Waals surface area contributed by atoms with Crippen LogP contribution in [0, 0.1) is 11.7 Å². The Morgan fingerprint density at radius 1 is 1.09 bits per heavy atom. The van der Waals surface area contributed by atoms with E-state index in [1.54, 1.807) is 42.2 Å². The third kappa shape index (κ3) is 4.97. The van der Waals surface area contributed by atoms with Crippen molar-refractivity contribution in [3.63, 3.8) is 0 Å². The van der Waals surface area contributed by atoms with E-state index in [2.05, 4.69) is 0 Å². The number of halogens is 1. The number of carbonyl (C=O) groups excluding carboxylic acids is 2. The van der Waals surface area contributed by atoms with E-state index in [1.165, 1.54) is 12.1 Å². The molecule has 6 nitrogen and oxygen atoms in total. The summed E-state index contributed by atoms with van der Waals surface area (Å²) in [6, 6.07) is 13.3. The number of aromatic nitrogens is 1. The molecule has 0 saturated carbocycles. The number of hydrogen-bond donors (Lipinski definition) is 0. The number of piperidine rings is 1. The molecule has 0 radical (unpaired) electrons. The highest BCUT2D eigenvalue weighted by Gasteiger charge is 2.30. The molecule has 1 aliphatic heterocycles. The Hall–Kier alpha value is -3.48. The van der Waals surface area contributed by atoms with E-state index in [4.69, 9.17) is 14.5 Å². The van der Waals surface area contributed by atoms with Gasteiger partial charge in [0.2, 0.25) is 0 Å². The molecule has 1 atom stereocenters. The van der Waals surface area contributed by atoms with Crippen LogP contribution in [0.3, 0.4) is 0 Å². The summed E-state index contributed by atoms with van der Waals surface area (Å²) in [6.45, 7) is 5.42. The molecule has 4 rings (SSSR count). The largest absolute Gasteiger partial charge is 0.493 e. The van der Waals surface area contributed by atoms with Crippen molar-refractivity contribution in [3.05, 3.63) is 59.9 Å². The van der Waals surface area contributed by atoms with Crippen molar-refractivity contribution in [2.75, 3.05) is 26.3 Å². The Kier molecular flexibility index (Phi) is 6.87. The molecule has 0 aliphatic carbocycles. The second-order valence-corrected chi connectivity index (χ2v) is 8.02. The predicted molar refractivity (Wildman–Crippen MR) is 124 cm³/mol. The lowest BCUT2D eigenvalue weighted by Crippen LogP contribution is -2.42. The van der Waals surface area contributed by atoms with Crippen LogP contribution in [0.2, 0.25) is 0 Å². The summed E-state index contributed by atoms with van der Waals surface area (Å²) in [5.74, 6) is -0.363. The number of amides is 1. The number of nitrogens with zero attached hydrogens (tertiary/aromatic N) is 2. The fourth-order valence-electron chi connectivity index (χ4n) is 4.17. The Labute approximate surface area is 192 Å². The molecule has 0 spiro atoms. The van der Waals surface area contributed by atoms with E-state index in [-0.39, 0.29) is 23.6 Å². The summed E-state index contributed by atoms with van der Waals surface area (Å²) >= 11 is 0. The summed E-state index contributed by atoms with van der Waals surface area (Å²) in [6.07, 6.45) is 1.49. The zero-order valence-electron chi connectivity index (χ0n) is 18.8. The Bertz CT molecular complexity index is 1160. The number of ether oxygens (including phenoxy) is 2. The van der Waals surface area contributed by atoms with Crippen molar-refractivity contribution in [1.29, 1.82) is 0 Å². The summed E-state index contributed by atoms with van der Waals surface area (Å²) in [7, 11) is 0. The molecule has 1 fully saturated rings. The van der Waals surface area contributed by atoms with Crippen molar-refractivity contribution in [1.82, 2.24) is 9.88 Å². The van der Waals surface area contributed by atoms with Crippen molar-refractivity contribution in [2.24, 2.45) is 5.92 Å².